The standard InChI is InChI=1S/C25H31N3O3/c1-27-17-21(18-31-22-13-8-14-26-16-22)28(24(29)20-11-6-3-7-12-20)23(25(27)30)15-19-9-4-2-5-10-19/h2,4-5,8-10,13-14,16,20-21,23H,3,6-7,11-12,15,17-18H2,1H3/t21-,23-/m0/s1. The Bertz CT molecular complexity index is 868. The number of likely N-dealkylation sites (N-methyl/N-ethyl adjacent to an activating group) is 1. The van der Waals surface area contributed by atoms with Crippen molar-refractivity contribution in [2.24, 2.45) is 5.92 Å². The number of carbonyl (C=O) groups excluding carboxylic acids is 2. The van der Waals surface area contributed by atoms with Crippen molar-refractivity contribution < 1.29 is 14.3 Å². The lowest BCUT2D eigenvalue weighted by molar-refractivity contribution is -0.159. The third-order valence-electron chi connectivity index (χ3n) is 6.43. The average Bonchev–Trinajstić information content (AvgIpc) is 2.82. The van der Waals surface area contributed by atoms with E-state index in [1.54, 1.807) is 17.3 Å². The smallest absolute Gasteiger partial charge is 0.245 e. The minimum absolute atomic E-state index is 0.00382. The first kappa shape index (κ1) is 21.3. The second-order valence-corrected chi connectivity index (χ2v) is 8.66. The highest BCUT2D eigenvalue weighted by atomic mass is 16.5. The van der Waals surface area contributed by atoms with Gasteiger partial charge in [-0.05, 0) is 30.5 Å². The van der Waals surface area contributed by atoms with Gasteiger partial charge in [0.25, 0.3) is 0 Å². The number of piperazine rings is 1. The molecule has 4 rings (SSSR count). The molecule has 0 radical (unpaired) electrons. The number of rotatable bonds is 6. The molecule has 164 valence electrons. The third kappa shape index (κ3) is 5.06. The summed E-state index contributed by atoms with van der Waals surface area (Å²) in [5, 5.41) is 0. The summed E-state index contributed by atoms with van der Waals surface area (Å²) in [6.45, 7) is 0.815. The van der Waals surface area contributed by atoms with Crippen LogP contribution >= 0.6 is 0 Å². The van der Waals surface area contributed by atoms with Crippen LogP contribution in [0.1, 0.15) is 37.7 Å². The Morgan fingerprint density at radius 2 is 1.87 bits per heavy atom. The fourth-order valence-electron chi connectivity index (χ4n) is 4.80. The van der Waals surface area contributed by atoms with Crippen molar-refractivity contribution in [2.45, 2.75) is 50.6 Å². The van der Waals surface area contributed by atoms with Gasteiger partial charge in [-0.2, -0.15) is 0 Å². The Morgan fingerprint density at radius 3 is 2.58 bits per heavy atom. The molecule has 1 aromatic heterocycles. The molecule has 0 unspecified atom stereocenters. The molecule has 31 heavy (non-hydrogen) atoms. The molecule has 2 atom stereocenters. The van der Waals surface area contributed by atoms with Crippen LogP contribution in [-0.4, -0.2) is 58.9 Å². The van der Waals surface area contributed by atoms with Crippen LogP contribution in [0.4, 0.5) is 0 Å². The Balaban J connectivity index is 1.60. The lowest BCUT2D eigenvalue weighted by atomic mass is 9.86. The minimum atomic E-state index is -0.502. The summed E-state index contributed by atoms with van der Waals surface area (Å²) in [5.41, 5.74) is 1.06. The van der Waals surface area contributed by atoms with Crippen molar-refractivity contribution in [3.63, 3.8) is 0 Å². The molecular weight excluding hydrogens is 390 g/mol. The molecule has 0 bridgehead atoms. The number of hydrogen-bond acceptors (Lipinski definition) is 4. The largest absolute Gasteiger partial charge is 0.490 e. The Hall–Kier alpha value is -2.89. The number of carbonyl (C=O) groups is 2. The summed E-state index contributed by atoms with van der Waals surface area (Å²) >= 11 is 0. The molecule has 6 heteroatoms. The van der Waals surface area contributed by atoms with E-state index in [0.29, 0.717) is 25.3 Å². The average molecular weight is 422 g/mol. The topological polar surface area (TPSA) is 62.7 Å². The van der Waals surface area contributed by atoms with E-state index in [9.17, 15) is 9.59 Å². The normalized spacial score (nSPS) is 22.4. The summed E-state index contributed by atoms with van der Waals surface area (Å²) in [4.78, 5) is 34.7. The highest BCUT2D eigenvalue weighted by Crippen LogP contribution is 2.30. The first-order valence-corrected chi connectivity index (χ1v) is 11.3. The number of amides is 2. The third-order valence-corrected chi connectivity index (χ3v) is 6.43. The predicted molar refractivity (Wildman–Crippen MR) is 119 cm³/mol. The summed E-state index contributed by atoms with van der Waals surface area (Å²) < 4.78 is 6.00. The van der Waals surface area contributed by atoms with Crippen LogP contribution in [-0.2, 0) is 16.0 Å². The second-order valence-electron chi connectivity index (χ2n) is 8.66. The molecular formula is C25H31N3O3. The summed E-state index contributed by atoms with van der Waals surface area (Å²) in [5.74, 6) is 0.795. The molecule has 0 N–H and O–H groups in total. The van der Waals surface area contributed by atoms with Crippen LogP contribution in [0.3, 0.4) is 0 Å². The lowest BCUT2D eigenvalue weighted by Crippen LogP contribution is -2.65. The number of ether oxygens (including phenoxy) is 1. The van der Waals surface area contributed by atoms with E-state index >= 15 is 0 Å². The van der Waals surface area contributed by atoms with E-state index in [4.69, 9.17) is 4.74 Å². The van der Waals surface area contributed by atoms with Gasteiger partial charge in [0.15, 0.2) is 0 Å². The molecule has 1 aliphatic carbocycles. The summed E-state index contributed by atoms with van der Waals surface area (Å²) in [6.07, 6.45) is 9.07. The Kier molecular flexibility index (Phi) is 6.85. The maximum absolute atomic E-state index is 13.7. The van der Waals surface area contributed by atoms with Crippen LogP contribution in [0.2, 0.25) is 0 Å². The van der Waals surface area contributed by atoms with Crippen LogP contribution in [0.5, 0.6) is 5.75 Å². The number of aromatic nitrogens is 1. The van der Waals surface area contributed by atoms with E-state index in [-0.39, 0.29) is 23.8 Å². The predicted octanol–water partition coefficient (Wildman–Crippen LogP) is 3.32. The van der Waals surface area contributed by atoms with Gasteiger partial charge in [0.1, 0.15) is 18.4 Å². The fourth-order valence-corrected chi connectivity index (χ4v) is 4.80. The SMILES string of the molecule is CN1C[C@@H](COc2cccnc2)N(C(=O)C2CCCCC2)[C@@H](Cc2ccccc2)C1=O. The first-order valence-electron chi connectivity index (χ1n) is 11.3. The molecule has 6 nitrogen and oxygen atoms in total. The molecule has 1 saturated heterocycles. The number of pyridine rings is 1. The minimum Gasteiger partial charge on any atom is -0.490 e. The molecule has 1 saturated carbocycles. The highest BCUT2D eigenvalue weighted by molar-refractivity contribution is 5.90. The van der Waals surface area contributed by atoms with Gasteiger partial charge < -0.3 is 14.5 Å². The molecule has 2 aromatic rings. The van der Waals surface area contributed by atoms with Gasteiger partial charge in [-0.3, -0.25) is 14.6 Å². The zero-order valence-electron chi connectivity index (χ0n) is 18.2. The first-order chi connectivity index (χ1) is 15.1. The van der Waals surface area contributed by atoms with E-state index in [1.165, 1.54) is 6.42 Å². The van der Waals surface area contributed by atoms with Gasteiger partial charge in [0.2, 0.25) is 11.8 Å². The molecule has 2 fully saturated rings. The summed E-state index contributed by atoms with van der Waals surface area (Å²) in [7, 11) is 1.82. The number of benzene rings is 1. The van der Waals surface area contributed by atoms with E-state index < -0.39 is 6.04 Å². The van der Waals surface area contributed by atoms with Gasteiger partial charge in [-0.25, -0.2) is 0 Å². The molecule has 1 aromatic carbocycles. The van der Waals surface area contributed by atoms with Crippen LogP contribution in [0.25, 0.3) is 0 Å². The molecule has 2 aliphatic rings. The van der Waals surface area contributed by atoms with Gasteiger partial charge in [0.05, 0.1) is 12.2 Å². The molecule has 0 spiro atoms. The molecule has 2 heterocycles. The van der Waals surface area contributed by atoms with E-state index in [1.807, 2.05) is 54.4 Å². The van der Waals surface area contributed by atoms with Gasteiger partial charge in [-0.1, -0.05) is 49.6 Å². The number of hydrogen-bond donors (Lipinski definition) is 0. The van der Waals surface area contributed by atoms with Crippen LogP contribution in [0, 0.1) is 5.92 Å². The fraction of sp³-hybridized carbons (Fsp3) is 0.480. The van der Waals surface area contributed by atoms with Crippen molar-refractivity contribution in [1.29, 1.82) is 0 Å². The van der Waals surface area contributed by atoms with Gasteiger partial charge in [0, 0.05) is 32.1 Å². The van der Waals surface area contributed by atoms with Crippen molar-refractivity contribution in [1.82, 2.24) is 14.8 Å². The summed E-state index contributed by atoms with van der Waals surface area (Å²) in [6, 6.07) is 13.0. The monoisotopic (exact) mass is 421 g/mol. The zero-order valence-corrected chi connectivity index (χ0v) is 18.2. The van der Waals surface area contributed by atoms with Gasteiger partial charge >= 0.3 is 0 Å². The lowest BCUT2D eigenvalue weighted by Gasteiger charge is -2.46. The van der Waals surface area contributed by atoms with Crippen LogP contribution < -0.4 is 4.74 Å². The molecule has 2 amide bonds. The number of nitrogens with zero attached hydrogens (tertiary/aromatic N) is 3. The van der Waals surface area contributed by atoms with Gasteiger partial charge in [-0.15, -0.1) is 0 Å². The second kappa shape index (κ2) is 9.94. The van der Waals surface area contributed by atoms with E-state index in [2.05, 4.69) is 4.98 Å². The zero-order chi connectivity index (χ0) is 21.6. The maximum atomic E-state index is 13.7. The quantitative estimate of drug-likeness (QED) is 0.718. The van der Waals surface area contributed by atoms with Crippen LogP contribution in [0.15, 0.2) is 54.9 Å². The Morgan fingerprint density at radius 1 is 1.10 bits per heavy atom. The highest BCUT2D eigenvalue weighted by Gasteiger charge is 2.44. The van der Waals surface area contributed by atoms with E-state index in [0.717, 1.165) is 31.2 Å². The van der Waals surface area contributed by atoms with Crippen molar-refractivity contribution in [3.8, 4) is 5.75 Å². The van der Waals surface area contributed by atoms with Crippen molar-refractivity contribution in [2.75, 3.05) is 20.2 Å². The van der Waals surface area contributed by atoms with Crippen molar-refractivity contribution in [3.05, 3.63) is 60.4 Å². The maximum Gasteiger partial charge on any atom is 0.245 e. The molecule has 1 aliphatic heterocycles. The van der Waals surface area contributed by atoms with Crippen molar-refractivity contribution >= 4 is 11.8 Å². The Labute approximate surface area is 184 Å².